The summed E-state index contributed by atoms with van der Waals surface area (Å²) in [7, 11) is 3.36. The highest BCUT2D eigenvalue weighted by Gasteiger charge is 2.17. The molecule has 0 heterocycles. The molecule has 0 saturated carbocycles. The normalized spacial score (nSPS) is 11.9. The van der Waals surface area contributed by atoms with Crippen molar-refractivity contribution in [1.29, 1.82) is 0 Å². The van der Waals surface area contributed by atoms with Crippen molar-refractivity contribution in [3.8, 4) is 17.2 Å². The van der Waals surface area contributed by atoms with Crippen LogP contribution in [-0.4, -0.2) is 27.4 Å². The van der Waals surface area contributed by atoms with Crippen LogP contribution in [0.5, 0.6) is 17.2 Å². The van der Waals surface area contributed by atoms with Crippen LogP contribution in [0.3, 0.4) is 0 Å². The zero-order valence-electron chi connectivity index (χ0n) is 15.7. The van der Waals surface area contributed by atoms with Crippen LogP contribution in [0, 0.1) is 6.92 Å². The Balaban J connectivity index is 2.28. The predicted molar refractivity (Wildman–Crippen MR) is 102 cm³/mol. The van der Waals surface area contributed by atoms with Gasteiger partial charge in [-0.1, -0.05) is 30.7 Å². The van der Waals surface area contributed by atoms with E-state index in [-0.39, 0.29) is 5.92 Å². The van der Waals surface area contributed by atoms with Gasteiger partial charge in [-0.3, -0.25) is 0 Å². The van der Waals surface area contributed by atoms with E-state index < -0.39 is 0 Å². The Morgan fingerprint density at radius 3 is 2.32 bits per heavy atom. The summed E-state index contributed by atoms with van der Waals surface area (Å²) < 4.78 is 16.8. The lowest BCUT2D eigenvalue weighted by molar-refractivity contribution is 0.294. The van der Waals surface area contributed by atoms with Crippen molar-refractivity contribution in [3.05, 3.63) is 53.1 Å². The maximum atomic E-state index is 6.09. The predicted octanol–water partition coefficient (Wildman–Crippen LogP) is 4.09. The van der Waals surface area contributed by atoms with Crippen LogP contribution in [0.25, 0.3) is 0 Å². The van der Waals surface area contributed by atoms with E-state index in [0.29, 0.717) is 13.2 Å². The van der Waals surface area contributed by atoms with Gasteiger partial charge in [0.2, 0.25) is 0 Å². The molecule has 0 bridgehead atoms. The SMILES string of the molecule is CCCOc1cc(CC(CN)c2cc(C)ccc2OC)ccc1OC. The minimum Gasteiger partial charge on any atom is -0.496 e. The van der Waals surface area contributed by atoms with Crippen LogP contribution in [0.15, 0.2) is 36.4 Å². The summed E-state index contributed by atoms with van der Waals surface area (Å²) in [6.45, 7) is 5.40. The highest BCUT2D eigenvalue weighted by Crippen LogP contribution is 2.33. The molecule has 1 atom stereocenters. The van der Waals surface area contributed by atoms with E-state index in [0.717, 1.165) is 35.7 Å². The Morgan fingerprint density at radius 1 is 0.960 bits per heavy atom. The molecule has 0 fully saturated rings. The first-order valence-corrected chi connectivity index (χ1v) is 8.77. The van der Waals surface area contributed by atoms with Gasteiger partial charge in [-0.2, -0.15) is 0 Å². The zero-order chi connectivity index (χ0) is 18.2. The van der Waals surface area contributed by atoms with Crippen LogP contribution in [0.2, 0.25) is 0 Å². The number of aryl methyl sites for hydroxylation is 1. The lowest BCUT2D eigenvalue weighted by atomic mass is 9.90. The minimum atomic E-state index is 0.183. The molecular formula is C21H29NO3. The van der Waals surface area contributed by atoms with Crippen molar-refractivity contribution in [2.24, 2.45) is 5.73 Å². The van der Waals surface area contributed by atoms with Gasteiger partial charge in [0.25, 0.3) is 0 Å². The standard InChI is InChI=1S/C21H29NO3/c1-5-10-25-21-13-16(7-9-20(21)24-4)12-17(14-22)18-11-15(2)6-8-19(18)23-3/h6-9,11,13,17H,5,10,12,14,22H2,1-4H3. The quantitative estimate of drug-likeness (QED) is 0.745. The lowest BCUT2D eigenvalue weighted by Gasteiger charge is -2.20. The monoisotopic (exact) mass is 343 g/mol. The fourth-order valence-electron chi connectivity index (χ4n) is 2.95. The number of hydrogen-bond acceptors (Lipinski definition) is 4. The number of nitrogens with two attached hydrogens (primary N) is 1. The first-order valence-electron chi connectivity index (χ1n) is 8.77. The van der Waals surface area contributed by atoms with E-state index in [1.165, 1.54) is 11.1 Å². The summed E-state index contributed by atoms with van der Waals surface area (Å²) in [5, 5.41) is 0. The summed E-state index contributed by atoms with van der Waals surface area (Å²) in [6, 6.07) is 12.3. The van der Waals surface area contributed by atoms with Crippen molar-refractivity contribution in [1.82, 2.24) is 0 Å². The Kier molecular flexibility index (Phi) is 7.14. The maximum absolute atomic E-state index is 6.09. The average molecular weight is 343 g/mol. The molecule has 2 aromatic rings. The Bertz CT molecular complexity index is 685. The average Bonchev–Trinajstić information content (AvgIpc) is 2.64. The molecule has 4 nitrogen and oxygen atoms in total. The molecule has 4 heteroatoms. The molecule has 0 aliphatic heterocycles. The van der Waals surface area contributed by atoms with Gasteiger partial charge >= 0.3 is 0 Å². The van der Waals surface area contributed by atoms with E-state index in [1.54, 1.807) is 14.2 Å². The molecule has 0 aliphatic carbocycles. The molecule has 0 spiro atoms. The van der Waals surface area contributed by atoms with Crippen LogP contribution in [0.1, 0.15) is 36.0 Å². The molecule has 136 valence electrons. The summed E-state index contributed by atoms with van der Waals surface area (Å²) in [4.78, 5) is 0. The Labute approximate surface area is 150 Å². The first-order chi connectivity index (χ1) is 12.1. The van der Waals surface area contributed by atoms with Crippen molar-refractivity contribution in [2.45, 2.75) is 32.6 Å². The fourth-order valence-corrected chi connectivity index (χ4v) is 2.95. The molecule has 2 N–H and O–H groups in total. The molecule has 0 aliphatic rings. The van der Waals surface area contributed by atoms with Crippen molar-refractivity contribution >= 4 is 0 Å². The van der Waals surface area contributed by atoms with Crippen molar-refractivity contribution in [3.63, 3.8) is 0 Å². The Morgan fingerprint density at radius 2 is 1.68 bits per heavy atom. The molecule has 0 aromatic heterocycles. The molecule has 0 radical (unpaired) electrons. The number of rotatable bonds is 9. The van der Waals surface area contributed by atoms with E-state index in [2.05, 4.69) is 38.1 Å². The largest absolute Gasteiger partial charge is 0.496 e. The van der Waals surface area contributed by atoms with Crippen LogP contribution in [-0.2, 0) is 6.42 Å². The van der Waals surface area contributed by atoms with Crippen molar-refractivity contribution in [2.75, 3.05) is 27.4 Å². The third-order valence-electron chi connectivity index (χ3n) is 4.28. The smallest absolute Gasteiger partial charge is 0.161 e. The van der Waals surface area contributed by atoms with Crippen molar-refractivity contribution < 1.29 is 14.2 Å². The van der Waals surface area contributed by atoms with Gasteiger partial charge in [-0.05, 0) is 55.6 Å². The minimum absolute atomic E-state index is 0.183. The molecule has 0 saturated heterocycles. The number of ether oxygens (including phenoxy) is 3. The van der Waals surface area contributed by atoms with E-state index in [9.17, 15) is 0 Å². The molecular weight excluding hydrogens is 314 g/mol. The third kappa shape index (κ3) is 4.89. The van der Waals surface area contributed by atoms with Gasteiger partial charge in [-0.25, -0.2) is 0 Å². The lowest BCUT2D eigenvalue weighted by Crippen LogP contribution is -2.16. The summed E-state index contributed by atoms with van der Waals surface area (Å²) in [5.41, 5.74) is 9.62. The van der Waals surface area contributed by atoms with Crippen LogP contribution < -0.4 is 19.9 Å². The molecule has 2 rings (SSSR count). The number of methoxy groups -OCH3 is 2. The number of benzene rings is 2. The zero-order valence-corrected chi connectivity index (χ0v) is 15.7. The molecule has 25 heavy (non-hydrogen) atoms. The second kappa shape index (κ2) is 9.33. The topological polar surface area (TPSA) is 53.7 Å². The van der Waals surface area contributed by atoms with Gasteiger partial charge in [0.15, 0.2) is 11.5 Å². The fraction of sp³-hybridized carbons (Fsp3) is 0.429. The second-order valence-corrected chi connectivity index (χ2v) is 6.22. The van der Waals surface area contributed by atoms with Gasteiger partial charge in [0, 0.05) is 5.92 Å². The van der Waals surface area contributed by atoms with E-state index in [4.69, 9.17) is 19.9 Å². The van der Waals surface area contributed by atoms with E-state index in [1.807, 2.05) is 12.1 Å². The van der Waals surface area contributed by atoms with Gasteiger partial charge in [0.1, 0.15) is 5.75 Å². The van der Waals surface area contributed by atoms with Gasteiger partial charge in [-0.15, -0.1) is 0 Å². The number of hydrogen-bond donors (Lipinski definition) is 1. The highest BCUT2D eigenvalue weighted by molar-refractivity contribution is 5.45. The van der Waals surface area contributed by atoms with Gasteiger partial charge in [0.05, 0.1) is 20.8 Å². The van der Waals surface area contributed by atoms with Crippen LogP contribution >= 0.6 is 0 Å². The third-order valence-corrected chi connectivity index (χ3v) is 4.28. The molecule has 0 amide bonds. The molecule has 2 aromatic carbocycles. The van der Waals surface area contributed by atoms with Crippen LogP contribution in [0.4, 0.5) is 0 Å². The molecule has 1 unspecified atom stereocenters. The highest BCUT2D eigenvalue weighted by atomic mass is 16.5. The summed E-state index contributed by atoms with van der Waals surface area (Å²) in [6.07, 6.45) is 1.78. The maximum Gasteiger partial charge on any atom is 0.161 e. The van der Waals surface area contributed by atoms with Gasteiger partial charge < -0.3 is 19.9 Å². The second-order valence-electron chi connectivity index (χ2n) is 6.22. The summed E-state index contributed by atoms with van der Waals surface area (Å²) >= 11 is 0. The first kappa shape index (κ1) is 19.1. The summed E-state index contributed by atoms with van der Waals surface area (Å²) in [5.74, 6) is 2.61. The van der Waals surface area contributed by atoms with E-state index >= 15 is 0 Å². The Hall–Kier alpha value is -2.20.